The number of carbonyl (C=O) groups is 1. The predicted molar refractivity (Wildman–Crippen MR) is 79.9 cm³/mol. The van der Waals surface area contributed by atoms with Gasteiger partial charge in [-0.25, -0.2) is 4.79 Å². The lowest BCUT2D eigenvalue weighted by atomic mass is 10.2. The number of ether oxygens (including phenoxy) is 3. The molecule has 2 N–H and O–H groups in total. The summed E-state index contributed by atoms with van der Waals surface area (Å²) in [4.78, 5) is 11.8. The summed E-state index contributed by atoms with van der Waals surface area (Å²) in [5, 5.41) is 0. The second-order valence-electron chi connectivity index (χ2n) is 4.26. The number of carbonyl (C=O) groups excluding carboxylic acids is 1. The van der Waals surface area contributed by atoms with E-state index >= 15 is 0 Å². The van der Waals surface area contributed by atoms with Crippen LogP contribution in [0.1, 0.15) is 17.3 Å². The fourth-order valence-electron chi connectivity index (χ4n) is 1.83. The molecule has 2 aromatic rings. The molecule has 0 saturated carbocycles. The Morgan fingerprint density at radius 2 is 1.90 bits per heavy atom. The van der Waals surface area contributed by atoms with E-state index in [1.165, 1.54) is 13.2 Å². The van der Waals surface area contributed by atoms with E-state index in [0.29, 0.717) is 29.5 Å². The molecule has 0 aromatic heterocycles. The first kappa shape index (κ1) is 14.7. The van der Waals surface area contributed by atoms with E-state index in [1.807, 2.05) is 19.1 Å². The van der Waals surface area contributed by atoms with Gasteiger partial charge in [0.15, 0.2) is 0 Å². The minimum atomic E-state index is -0.502. The molecule has 0 aliphatic heterocycles. The highest BCUT2D eigenvalue weighted by Crippen LogP contribution is 2.29. The third kappa shape index (κ3) is 3.66. The number of hydrogen-bond donors (Lipinski definition) is 1. The summed E-state index contributed by atoms with van der Waals surface area (Å²) in [6.07, 6.45) is 0. The number of benzene rings is 2. The van der Waals surface area contributed by atoms with Crippen LogP contribution in [0.2, 0.25) is 0 Å². The molecule has 0 aliphatic rings. The van der Waals surface area contributed by atoms with Crippen molar-refractivity contribution in [3.63, 3.8) is 0 Å². The summed E-state index contributed by atoms with van der Waals surface area (Å²) in [6, 6.07) is 12.0. The van der Waals surface area contributed by atoms with Gasteiger partial charge in [0.05, 0.1) is 13.7 Å². The lowest BCUT2D eigenvalue weighted by Gasteiger charge is -2.11. The Bertz CT molecular complexity index is 640. The third-order valence-electron chi connectivity index (χ3n) is 2.75. The fraction of sp³-hybridized carbons (Fsp3) is 0.188. The standard InChI is InChI=1S/C16H17NO4/c1-3-20-12-5-4-6-13(10-12)21-15-8-7-11(17)9-14(15)16(18)19-2/h4-10H,3,17H2,1-2H3. The average Bonchev–Trinajstić information content (AvgIpc) is 2.49. The van der Waals surface area contributed by atoms with Crippen molar-refractivity contribution in [2.75, 3.05) is 19.5 Å². The summed E-state index contributed by atoms with van der Waals surface area (Å²) < 4.78 is 15.9. The van der Waals surface area contributed by atoms with Crippen molar-refractivity contribution in [3.05, 3.63) is 48.0 Å². The molecule has 0 bridgehead atoms. The van der Waals surface area contributed by atoms with E-state index in [1.54, 1.807) is 24.3 Å². The number of hydrogen-bond acceptors (Lipinski definition) is 5. The Morgan fingerprint density at radius 1 is 1.14 bits per heavy atom. The van der Waals surface area contributed by atoms with Crippen molar-refractivity contribution in [2.45, 2.75) is 6.92 Å². The molecule has 0 aliphatic carbocycles. The molecule has 0 spiro atoms. The number of nitrogens with two attached hydrogens (primary N) is 1. The molecule has 0 heterocycles. The zero-order valence-corrected chi connectivity index (χ0v) is 12.0. The van der Waals surface area contributed by atoms with Gasteiger partial charge >= 0.3 is 5.97 Å². The van der Waals surface area contributed by atoms with E-state index in [2.05, 4.69) is 0 Å². The van der Waals surface area contributed by atoms with Crippen molar-refractivity contribution in [1.29, 1.82) is 0 Å². The number of anilines is 1. The maximum atomic E-state index is 11.8. The van der Waals surface area contributed by atoms with Gasteiger partial charge in [-0.05, 0) is 37.3 Å². The molecular weight excluding hydrogens is 270 g/mol. The first-order valence-electron chi connectivity index (χ1n) is 6.52. The third-order valence-corrected chi connectivity index (χ3v) is 2.75. The van der Waals surface area contributed by atoms with Gasteiger partial charge in [-0.3, -0.25) is 0 Å². The van der Waals surface area contributed by atoms with Gasteiger partial charge in [-0.2, -0.15) is 0 Å². The first-order chi connectivity index (χ1) is 10.1. The van der Waals surface area contributed by atoms with Crippen LogP contribution in [0.3, 0.4) is 0 Å². The minimum Gasteiger partial charge on any atom is -0.494 e. The van der Waals surface area contributed by atoms with Crippen LogP contribution in [0, 0.1) is 0 Å². The molecule has 0 amide bonds. The molecule has 0 saturated heterocycles. The molecular formula is C16H17NO4. The number of rotatable bonds is 5. The van der Waals surface area contributed by atoms with Gasteiger partial charge in [0.2, 0.25) is 0 Å². The van der Waals surface area contributed by atoms with Gasteiger partial charge in [0, 0.05) is 11.8 Å². The number of nitrogen functional groups attached to an aromatic ring is 1. The Kier molecular flexibility index (Phi) is 4.66. The van der Waals surface area contributed by atoms with E-state index in [4.69, 9.17) is 19.9 Å². The van der Waals surface area contributed by atoms with Crippen LogP contribution in [-0.4, -0.2) is 19.7 Å². The van der Waals surface area contributed by atoms with E-state index in [9.17, 15) is 4.79 Å². The molecule has 0 atom stereocenters. The molecule has 21 heavy (non-hydrogen) atoms. The fourth-order valence-corrected chi connectivity index (χ4v) is 1.83. The Hall–Kier alpha value is -2.69. The van der Waals surface area contributed by atoms with Crippen molar-refractivity contribution in [3.8, 4) is 17.2 Å². The molecule has 0 unspecified atom stereocenters. The summed E-state index contributed by atoms with van der Waals surface area (Å²) in [6.45, 7) is 2.47. The lowest BCUT2D eigenvalue weighted by Crippen LogP contribution is -2.04. The average molecular weight is 287 g/mol. The second kappa shape index (κ2) is 6.65. The first-order valence-corrected chi connectivity index (χ1v) is 6.52. The number of esters is 1. The zero-order chi connectivity index (χ0) is 15.2. The summed E-state index contributed by atoms with van der Waals surface area (Å²) in [5.74, 6) is 1.14. The normalized spacial score (nSPS) is 10.0. The molecule has 5 nitrogen and oxygen atoms in total. The highest BCUT2D eigenvalue weighted by atomic mass is 16.5. The molecule has 110 valence electrons. The van der Waals surface area contributed by atoms with E-state index in [0.717, 1.165) is 0 Å². The van der Waals surface area contributed by atoms with Crippen LogP contribution in [0.4, 0.5) is 5.69 Å². The van der Waals surface area contributed by atoms with Gasteiger partial charge in [0.1, 0.15) is 22.8 Å². The Labute approximate surface area is 123 Å². The molecule has 0 fully saturated rings. The minimum absolute atomic E-state index is 0.277. The largest absolute Gasteiger partial charge is 0.494 e. The van der Waals surface area contributed by atoms with Crippen LogP contribution in [0.15, 0.2) is 42.5 Å². The SMILES string of the molecule is CCOc1cccc(Oc2ccc(N)cc2C(=O)OC)c1. The highest BCUT2D eigenvalue weighted by Gasteiger charge is 2.14. The van der Waals surface area contributed by atoms with Gasteiger partial charge < -0.3 is 19.9 Å². The summed E-state index contributed by atoms with van der Waals surface area (Å²) >= 11 is 0. The highest BCUT2D eigenvalue weighted by molar-refractivity contribution is 5.93. The molecule has 5 heteroatoms. The lowest BCUT2D eigenvalue weighted by molar-refractivity contribution is 0.0598. The van der Waals surface area contributed by atoms with Crippen molar-refractivity contribution >= 4 is 11.7 Å². The van der Waals surface area contributed by atoms with E-state index in [-0.39, 0.29) is 5.56 Å². The molecule has 0 radical (unpaired) electrons. The Balaban J connectivity index is 2.30. The monoisotopic (exact) mass is 287 g/mol. The molecule has 2 rings (SSSR count). The van der Waals surface area contributed by atoms with Crippen molar-refractivity contribution in [1.82, 2.24) is 0 Å². The second-order valence-corrected chi connectivity index (χ2v) is 4.26. The summed E-state index contributed by atoms with van der Waals surface area (Å²) in [7, 11) is 1.31. The maximum Gasteiger partial charge on any atom is 0.341 e. The van der Waals surface area contributed by atoms with Crippen LogP contribution in [0.5, 0.6) is 17.2 Å². The van der Waals surface area contributed by atoms with Gasteiger partial charge in [-0.15, -0.1) is 0 Å². The van der Waals surface area contributed by atoms with Crippen LogP contribution in [-0.2, 0) is 4.74 Å². The van der Waals surface area contributed by atoms with Crippen molar-refractivity contribution in [2.24, 2.45) is 0 Å². The smallest absolute Gasteiger partial charge is 0.341 e. The quantitative estimate of drug-likeness (QED) is 0.675. The molecule has 2 aromatic carbocycles. The topological polar surface area (TPSA) is 70.8 Å². The van der Waals surface area contributed by atoms with Crippen LogP contribution < -0.4 is 15.2 Å². The van der Waals surface area contributed by atoms with Crippen LogP contribution in [0.25, 0.3) is 0 Å². The zero-order valence-electron chi connectivity index (χ0n) is 12.0. The van der Waals surface area contributed by atoms with Gasteiger partial charge in [-0.1, -0.05) is 6.07 Å². The maximum absolute atomic E-state index is 11.8. The van der Waals surface area contributed by atoms with Crippen molar-refractivity contribution < 1.29 is 19.0 Å². The van der Waals surface area contributed by atoms with Gasteiger partial charge in [0.25, 0.3) is 0 Å². The Morgan fingerprint density at radius 3 is 2.62 bits per heavy atom. The summed E-state index contributed by atoms with van der Waals surface area (Å²) in [5.41, 5.74) is 6.43. The van der Waals surface area contributed by atoms with E-state index < -0.39 is 5.97 Å². The predicted octanol–water partition coefficient (Wildman–Crippen LogP) is 3.25. The number of methoxy groups -OCH3 is 1. The van der Waals surface area contributed by atoms with Crippen LogP contribution >= 0.6 is 0 Å².